The average Bonchev–Trinajstić information content (AvgIpc) is 2.22. The molecular weight excluding hydrogens is 270 g/mol. The third-order valence-electron chi connectivity index (χ3n) is 2.40. The number of hydrogen-bond acceptors (Lipinski definition) is 7. The first-order valence-electron chi connectivity index (χ1n) is 5.07. The third-order valence-corrected chi connectivity index (χ3v) is 2.84. The summed E-state index contributed by atoms with van der Waals surface area (Å²) in [5.74, 6) is -0.400. The predicted octanol–water partition coefficient (Wildman–Crippen LogP) is -2.57. The molecule has 0 saturated carbocycles. The van der Waals surface area contributed by atoms with E-state index in [0.29, 0.717) is 0 Å². The van der Waals surface area contributed by atoms with E-state index in [4.69, 9.17) is 9.29 Å². The van der Waals surface area contributed by atoms with E-state index in [2.05, 4.69) is 9.50 Å². The molecule has 0 aromatic rings. The first-order valence-corrected chi connectivity index (χ1v) is 6.44. The summed E-state index contributed by atoms with van der Waals surface area (Å²) < 4.78 is 38.2. The Kier molecular flexibility index (Phi) is 5.01. The molecule has 1 saturated heterocycles. The minimum absolute atomic E-state index is 0.114. The van der Waals surface area contributed by atoms with Gasteiger partial charge >= 0.3 is 10.4 Å². The van der Waals surface area contributed by atoms with Crippen molar-refractivity contribution in [2.24, 2.45) is 0 Å². The molecule has 2 unspecified atom stereocenters. The van der Waals surface area contributed by atoms with Gasteiger partial charge in [0.2, 0.25) is 5.91 Å². The maximum Gasteiger partial charge on any atom is 0.397 e. The highest BCUT2D eigenvalue weighted by molar-refractivity contribution is 7.80. The van der Waals surface area contributed by atoms with Crippen LogP contribution in [0.2, 0.25) is 0 Å². The Bertz CT molecular complexity index is 396. The van der Waals surface area contributed by atoms with Crippen LogP contribution in [0, 0.1) is 0 Å². The van der Waals surface area contributed by atoms with Crippen LogP contribution >= 0.6 is 0 Å². The van der Waals surface area contributed by atoms with E-state index in [1.165, 1.54) is 6.92 Å². The van der Waals surface area contributed by atoms with Crippen LogP contribution in [0.5, 0.6) is 0 Å². The zero-order valence-electron chi connectivity index (χ0n) is 9.51. The fourth-order valence-corrected chi connectivity index (χ4v) is 1.88. The molecule has 0 radical (unpaired) electrons. The van der Waals surface area contributed by atoms with E-state index >= 15 is 0 Å². The Labute approximate surface area is 104 Å². The fraction of sp³-hybridized carbons (Fsp3) is 0.875. The molecule has 4 atom stereocenters. The summed E-state index contributed by atoms with van der Waals surface area (Å²) in [5.41, 5.74) is 0. The van der Waals surface area contributed by atoms with Gasteiger partial charge in [-0.05, 0) is 0 Å². The second kappa shape index (κ2) is 5.91. The number of amides is 1. The third kappa shape index (κ3) is 4.48. The molecule has 106 valence electrons. The van der Waals surface area contributed by atoms with Crippen molar-refractivity contribution in [3.63, 3.8) is 0 Å². The quantitative estimate of drug-likeness (QED) is 0.413. The van der Waals surface area contributed by atoms with E-state index in [-0.39, 0.29) is 6.61 Å². The van der Waals surface area contributed by atoms with E-state index in [1.54, 1.807) is 0 Å². The number of hydrogen-bond donors (Lipinski definition) is 4. The Hall–Kier alpha value is -0.780. The molecule has 1 rings (SSSR count). The van der Waals surface area contributed by atoms with Crippen LogP contribution in [0.25, 0.3) is 0 Å². The summed E-state index contributed by atoms with van der Waals surface area (Å²) in [7, 11) is -4.64. The lowest BCUT2D eigenvalue weighted by atomic mass is 9.98. The van der Waals surface area contributed by atoms with Crippen molar-refractivity contribution in [1.29, 1.82) is 0 Å². The molecule has 1 aliphatic heterocycles. The number of ether oxygens (including phenoxy) is 1. The molecule has 18 heavy (non-hydrogen) atoms. The standard InChI is InChI=1S/C8H15NO8S/c1-4(10)9-5-2-16-6(8(12)7(5)11)3-17-18(13,14)15/h5-8,11-12H,2-3H2,1H3,(H,9,10)(H,13,14,15)/t5?,6?,7-,8+/m1/s1. The van der Waals surface area contributed by atoms with Crippen LogP contribution in [0.1, 0.15) is 6.92 Å². The van der Waals surface area contributed by atoms with Crippen molar-refractivity contribution in [2.45, 2.75) is 31.3 Å². The van der Waals surface area contributed by atoms with Gasteiger partial charge in [0.25, 0.3) is 0 Å². The summed E-state index contributed by atoms with van der Waals surface area (Å²) >= 11 is 0. The Balaban J connectivity index is 2.55. The maximum atomic E-state index is 10.8. The van der Waals surface area contributed by atoms with Crippen molar-refractivity contribution in [1.82, 2.24) is 5.32 Å². The van der Waals surface area contributed by atoms with Crippen LogP contribution in [0.4, 0.5) is 0 Å². The van der Waals surface area contributed by atoms with Crippen molar-refractivity contribution in [3.8, 4) is 0 Å². The van der Waals surface area contributed by atoms with Gasteiger partial charge in [0.05, 0.1) is 19.3 Å². The number of nitrogens with one attached hydrogen (secondary N) is 1. The smallest absolute Gasteiger partial charge is 0.388 e. The second-order valence-electron chi connectivity index (χ2n) is 3.87. The number of aliphatic hydroxyl groups is 2. The molecule has 0 aromatic carbocycles. The summed E-state index contributed by atoms with van der Waals surface area (Å²) in [5, 5.41) is 21.7. The van der Waals surface area contributed by atoms with E-state index < -0.39 is 47.3 Å². The fourth-order valence-electron chi connectivity index (χ4n) is 1.57. The van der Waals surface area contributed by atoms with Gasteiger partial charge in [0.15, 0.2) is 0 Å². The van der Waals surface area contributed by atoms with Crippen molar-refractivity contribution in [3.05, 3.63) is 0 Å². The summed E-state index contributed by atoms with van der Waals surface area (Å²) in [6.07, 6.45) is -3.89. The highest BCUT2D eigenvalue weighted by Crippen LogP contribution is 2.16. The lowest BCUT2D eigenvalue weighted by molar-refractivity contribution is -0.162. The molecule has 0 spiro atoms. The van der Waals surface area contributed by atoms with Crippen LogP contribution in [-0.2, 0) is 24.1 Å². The van der Waals surface area contributed by atoms with Gasteiger partial charge in [-0.15, -0.1) is 0 Å². The first-order chi connectivity index (χ1) is 8.20. The summed E-state index contributed by atoms with van der Waals surface area (Å²) in [6.45, 7) is 0.494. The van der Waals surface area contributed by atoms with Gasteiger partial charge < -0.3 is 20.3 Å². The van der Waals surface area contributed by atoms with Gasteiger partial charge in [-0.2, -0.15) is 8.42 Å². The van der Waals surface area contributed by atoms with Crippen LogP contribution in [0.3, 0.4) is 0 Å². The monoisotopic (exact) mass is 285 g/mol. The molecule has 0 aromatic heterocycles. The minimum atomic E-state index is -4.64. The zero-order chi connectivity index (χ0) is 13.9. The van der Waals surface area contributed by atoms with Crippen molar-refractivity contribution >= 4 is 16.3 Å². The summed E-state index contributed by atoms with van der Waals surface area (Å²) in [4.78, 5) is 10.8. The Morgan fingerprint density at radius 2 is 2.06 bits per heavy atom. The normalized spacial score (nSPS) is 33.1. The average molecular weight is 285 g/mol. The molecule has 9 nitrogen and oxygen atoms in total. The van der Waals surface area contributed by atoms with Gasteiger partial charge in [0, 0.05) is 6.92 Å². The molecule has 1 heterocycles. The first kappa shape index (κ1) is 15.3. The zero-order valence-corrected chi connectivity index (χ0v) is 10.3. The number of carbonyl (C=O) groups excluding carboxylic acids is 1. The molecule has 1 amide bonds. The van der Waals surface area contributed by atoms with Crippen molar-refractivity contribution in [2.75, 3.05) is 13.2 Å². The largest absolute Gasteiger partial charge is 0.397 e. The molecule has 1 aliphatic rings. The molecule has 1 fully saturated rings. The molecule has 10 heteroatoms. The lowest BCUT2D eigenvalue weighted by Gasteiger charge is -2.37. The van der Waals surface area contributed by atoms with Gasteiger partial charge in [-0.1, -0.05) is 0 Å². The topological polar surface area (TPSA) is 142 Å². The van der Waals surface area contributed by atoms with E-state index in [0.717, 1.165) is 0 Å². The molecule has 0 bridgehead atoms. The van der Waals surface area contributed by atoms with Crippen LogP contribution < -0.4 is 5.32 Å². The SMILES string of the molecule is CC(=O)NC1COC(COS(=O)(=O)O)[C@H](O)[C@@H]1O. The van der Waals surface area contributed by atoms with Crippen LogP contribution in [0.15, 0.2) is 0 Å². The van der Waals surface area contributed by atoms with E-state index in [1.807, 2.05) is 0 Å². The van der Waals surface area contributed by atoms with Crippen molar-refractivity contribution < 1.29 is 36.9 Å². The highest BCUT2D eigenvalue weighted by atomic mass is 32.3. The van der Waals surface area contributed by atoms with E-state index in [9.17, 15) is 23.4 Å². The second-order valence-corrected chi connectivity index (χ2v) is 4.96. The predicted molar refractivity (Wildman–Crippen MR) is 56.9 cm³/mol. The van der Waals surface area contributed by atoms with Gasteiger partial charge in [-0.25, -0.2) is 4.18 Å². The Morgan fingerprint density at radius 3 is 2.56 bits per heavy atom. The van der Waals surface area contributed by atoms with Crippen LogP contribution in [-0.4, -0.2) is 66.7 Å². The number of carbonyl (C=O) groups is 1. The molecule has 0 aliphatic carbocycles. The van der Waals surface area contributed by atoms with Gasteiger partial charge in [0.1, 0.15) is 18.3 Å². The summed E-state index contributed by atoms with van der Waals surface area (Å²) in [6, 6.07) is -0.792. The lowest BCUT2D eigenvalue weighted by Crippen LogP contribution is -2.59. The molecule has 4 N–H and O–H groups in total. The van der Waals surface area contributed by atoms with Gasteiger partial charge in [-0.3, -0.25) is 9.35 Å². The minimum Gasteiger partial charge on any atom is -0.388 e. The highest BCUT2D eigenvalue weighted by Gasteiger charge is 2.39. The number of rotatable bonds is 4. The Morgan fingerprint density at radius 1 is 1.44 bits per heavy atom. The number of aliphatic hydroxyl groups excluding tert-OH is 2. The maximum absolute atomic E-state index is 10.8. The molecular formula is C8H15NO8S.